The molecule has 2 saturated heterocycles. The van der Waals surface area contributed by atoms with E-state index in [0.717, 1.165) is 35.2 Å². The average Bonchev–Trinajstić information content (AvgIpc) is 3.28. The Morgan fingerprint density at radius 1 is 1.31 bits per heavy atom. The highest BCUT2D eigenvalue weighted by atomic mass is 79.9. The molecule has 0 aromatic heterocycles. The molecule has 136 valence electrons. The van der Waals surface area contributed by atoms with Crippen molar-refractivity contribution in [3.8, 4) is 0 Å². The number of hydrogen-bond donors (Lipinski definition) is 0. The fourth-order valence-electron chi connectivity index (χ4n) is 3.54. The van der Waals surface area contributed by atoms with Gasteiger partial charge in [0.05, 0.1) is 28.8 Å². The van der Waals surface area contributed by atoms with Crippen LogP contribution in [-0.2, 0) is 14.3 Å². The van der Waals surface area contributed by atoms with Crippen molar-refractivity contribution >= 4 is 67.3 Å². The Morgan fingerprint density at radius 3 is 2.81 bits per heavy atom. The van der Waals surface area contributed by atoms with Crippen LogP contribution < -0.4 is 4.90 Å². The molecule has 26 heavy (non-hydrogen) atoms. The number of rotatable bonds is 3. The fourth-order valence-corrected chi connectivity index (χ4v) is 5.24. The molecule has 0 spiro atoms. The van der Waals surface area contributed by atoms with Crippen molar-refractivity contribution in [2.75, 3.05) is 24.6 Å². The largest absolute Gasteiger partial charge is 0.376 e. The lowest BCUT2D eigenvalue weighted by atomic mass is 10.1. The van der Waals surface area contributed by atoms with Crippen LogP contribution in [0.25, 0.3) is 5.57 Å². The first kappa shape index (κ1) is 18.2. The summed E-state index contributed by atoms with van der Waals surface area (Å²) in [5, 5.41) is 0. The standard InChI is InChI=1S/C18H17BrN2O3S2/c1-2-20-13-6-5-10(19)8-12(13)14(16(20)22)15-17(23)21(18(25)26-15)9-11-4-3-7-24-11/h5-6,8,11H,2-4,7,9H2,1H3/b15-14-/t11-/m0/s1. The zero-order chi connectivity index (χ0) is 18.4. The lowest BCUT2D eigenvalue weighted by molar-refractivity contribution is -0.123. The second kappa shape index (κ2) is 7.07. The molecule has 0 bridgehead atoms. The van der Waals surface area contributed by atoms with E-state index in [1.807, 2.05) is 25.1 Å². The summed E-state index contributed by atoms with van der Waals surface area (Å²) in [4.78, 5) is 29.7. The van der Waals surface area contributed by atoms with Crippen molar-refractivity contribution in [3.63, 3.8) is 0 Å². The molecule has 3 aliphatic rings. The third-order valence-corrected chi connectivity index (χ3v) is 6.72. The van der Waals surface area contributed by atoms with Gasteiger partial charge in [-0.3, -0.25) is 14.5 Å². The predicted octanol–water partition coefficient (Wildman–Crippen LogP) is 3.57. The summed E-state index contributed by atoms with van der Waals surface area (Å²) in [6, 6.07) is 5.70. The number of carbonyl (C=O) groups excluding carboxylic acids is 2. The minimum atomic E-state index is -0.192. The van der Waals surface area contributed by atoms with Crippen molar-refractivity contribution in [2.45, 2.75) is 25.9 Å². The lowest BCUT2D eigenvalue weighted by Gasteiger charge is -2.18. The summed E-state index contributed by atoms with van der Waals surface area (Å²) >= 11 is 10.1. The molecule has 0 aliphatic carbocycles. The molecule has 0 saturated carbocycles. The van der Waals surface area contributed by atoms with Crippen LogP contribution in [0.5, 0.6) is 0 Å². The van der Waals surface area contributed by atoms with E-state index in [1.54, 1.807) is 9.80 Å². The van der Waals surface area contributed by atoms with Gasteiger partial charge in [-0.1, -0.05) is 39.9 Å². The fraction of sp³-hybridized carbons (Fsp3) is 0.389. The molecule has 8 heteroatoms. The van der Waals surface area contributed by atoms with E-state index in [1.165, 1.54) is 11.8 Å². The molecule has 3 heterocycles. The van der Waals surface area contributed by atoms with E-state index in [9.17, 15) is 9.59 Å². The Balaban J connectivity index is 1.74. The van der Waals surface area contributed by atoms with Gasteiger partial charge in [-0.2, -0.15) is 0 Å². The first-order valence-corrected chi connectivity index (χ1v) is 10.5. The molecule has 4 rings (SSSR count). The maximum Gasteiger partial charge on any atom is 0.267 e. The normalized spacial score (nSPS) is 25.6. The molecule has 2 amide bonds. The average molecular weight is 453 g/mol. The predicted molar refractivity (Wildman–Crippen MR) is 110 cm³/mol. The monoisotopic (exact) mass is 452 g/mol. The van der Waals surface area contributed by atoms with Gasteiger partial charge in [-0.25, -0.2) is 0 Å². The van der Waals surface area contributed by atoms with Gasteiger partial charge >= 0.3 is 0 Å². The molecule has 1 atom stereocenters. The van der Waals surface area contributed by atoms with E-state index in [2.05, 4.69) is 15.9 Å². The first-order valence-electron chi connectivity index (χ1n) is 8.52. The van der Waals surface area contributed by atoms with Crippen LogP contribution >= 0.6 is 39.9 Å². The summed E-state index contributed by atoms with van der Waals surface area (Å²) < 4.78 is 7.00. The molecule has 5 nitrogen and oxygen atoms in total. The number of nitrogens with zero attached hydrogens (tertiary/aromatic N) is 2. The first-order chi connectivity index (χ1) is 12.5. The van der Waals surface area contributed by atoms with Crippen LogP contribution in [0.4, 0.5) is 5.69 Å². The Kier molecular flexibility index (Phi) is 4.94. The van der Waals surface area contributed by atoms with Crippen LogP contribution in [-0.4, -0.2) is 46.8 Å². The van der Waals surface area contributed by atoms with Crippen molar-refractivity contribution in [1.29, 1.82) is 0 Å². The summed E-state index contributed by atoms with van der Waals surface area (Å²) in [7, 11) is 0. The van der Waals surface area contributed by atoms with E-state index >= 15 is 0 Å². The van der Waals surface area contributed by atoms with Crippen LogP contribution in [0.15, 0.2) is 27.6 Å². The van der Waals surface area contributed by atoms with Gasteiger partial charge in [0.25, 0.3) is 11.8 Å². The lowest BCUT2D eigenvalue weighted by Crippen LogP contribution is -2.35. The van der Waals surface area contributed by atoms with Gasteiger partial charge in [0.1, 0.15) is 4.32 Å². The van der Waals surface area contributed by atoms with E-state index in [0.29, 0.717) is 27.9 Å². The molecule has 1 aromatic rings. The maximum absolute atomic E-state index is 13.0. The number of halogens is 1. The quantitative estimate of drug-likeness (QED) is 0.518. The third-order valence-electron chi connectivity index (χ3n) is 4.78. The number of amides is 2. The summed E-state index contributed by atoms with van der Waals surface area (Å²) in [6.45, 7) is 3.66. The molecule has 3 aliphatic heterocycles. The van der Waals surface area contributed by atoms with Crippen molar-refractivity contribution in [1.82, 2.24) is 4.90 Å². The smallest absolute Gasteiger partial charge is 0.267 e. The highest BCUT2D eigenvalue weighted by Crippen LogP contribution is 2.45. The molecule has 0 unspecified atom stereocenters. The summed E-state index contributed by atoms with van der Waals surface area (Å²) in [5.41, 5.74) is 2.07. The summed E-state index contributed by atoms with van der Waals surface area (Å²) in [6.07, 6.45) is 1.96. The number of anilines is 1. The number of thioether (sulfide) groups is 1. The van der Waals surface area contributed by atoms with Crippen molar-refractivity contribution in [2.24, 2.45) is 0 Å². The van der Waals surface area contributed by atoms with E-state index in [4.69, 9.17) is 17.0 Å². The van der Waals surface area contributed by atoms with Crippen LogP contribution in [0.1, 0.15) is 25.3 Å². The van der Waals surface area contributed by atoms with Gasteiger partial charge in [-0.05, 0) is 38.0 Å². The second-order valence-electron chi connectivity index (χ2n) is 6.33. The maximum atomic E-state index is 13.0. The Labute approximate surface area is 169 Å². The van der Waals surface area contributed by atoms with Gasteiger partial charge < -0.3 is 9.64 Å². The Morgan fingerprint density at radius 2 is 2.12 bits per heavy atom. The second-order valence-corrected chi connectivity index (χ2v) is 8.89. The molecule has 0 N–H and O–H groups in total. The number of fused-ring (bicyclic) bond motifs is 1. The van der Waals surface area contributed by atoms with Gasteiger partial charge in [0.2, 0.25) is 0 Å². The van der Waals surface area contributed by atoms with Crippen LogP contribution in [0.3, 0.4) is 0 Å². The summed E-state index contributed by atoms with van der Waals surface area (Å²) in [5.74, 6) is -0.332. The topological polar surface area (TPSA) is 49.9 Å². The van der Waals surface area contributed by atoms with Gasteiger partial charge in [0.15, 0.2) is 0 Å². The minimum Gasteiger partial charge on any atom is -0.376 e. The number of likely N-dealkylation sites (N-methyl/N-ethyl adjacent to an activating group) is 1. The Hall–Kier alpha value is -1.22. The van der Waals surface area contributed by atoms with Crippen molar-refractivity contribution in [3.05, 3.63) is 33.1 Å². The third kappa shape index (κ3) is 2.93. The van der Waals surface area contributed by atoms with E-state index < -0.39 is 0 Å². The highest BCUT2D eigenvalue weighted by molar-refractivity contribution is 9.10. The zero-order valence-electron chi connectivity index (χ0n) is 14.2. The SMILES string of the molecule is CCN1C(=O)/C(=C2\SC(=S)N(C[C@@H]3CCCO3)C2=O)c2cc(Br)ccc21. The number of thiocarbonyl (C=S) groups is 1. The molecule has 0 radical (unpaired) electrons. The molecule has 1 aromatic carbocycles. The molecule has 2 fully saturated rings. The number of benzene rings is 1. The van der Waals surface area contributed by atoms with Gasteiger partial charge in [-0.15, -0.1) is 0 Å². The van der Waals surface area contributed by atoms with Crippen LogP contribution in [0, 0.1) is 0 Å². The van der Waals surface area contributed by atoms with Gasteiger partial charge in [0, 0.05) is 23.2 Å². The number of hydrogen-bond acceptors (Lipinski definition) is 5. The van der Waals surface area contributed by atoms with E-state index in [-0.39, 0.29) is 17.9 Å². The molecular formula is C18H17BrN2O3S2. The molecular weight excluding hydrogens is 436 g/mol. The van der Waals surface area contributed by atoms with Crippen molar-refractivity contribution < 1.29 is 14.3 Å². The van der Waals surface area contributed by atoms with Crippen LogP contribution in [0.2, 0.25) is 0 Å². The Bertz CT molecular complexity index is 849. The number of ether oxygens (including phenoxy) is 1. The minimum absolute atomic E-state index is 0.0229. The zero-order valence-corrected chi connectivity index (χ0v) is 17.4. The number of carbonyl (C=O) groups is 2. The highest BCUT2D eigenvalue weighted by Gasteiger charge is 2.42.